The van der Waals surface area contributed by atoms with Gasteiger partial charge in [-0.3, -0.25) is 0 Å². The van der Waals surface area contributed by atoms with Crippen LogP contribution < -0.4 is 0 Å². The molecule has 0 fully saturated rings. The van der Waals surface area contributed by atoms with E-state index in [2.05, 4.69) is 6.58 Å². The number of phenols is 3. The Morgan fingerprint density at radius 3 is 2.80 bits per heavy atom. The highest BCUT2D eigenvalue weighted by molar-refractivity contribution is 5.57. The van der Waals surface area contributed by atoms with Crippen LogP contribution in [0.5, 0.6) is 17.2 Å². The number of ether oxygens (including phenoxy) is 2. The van der Waals surface area contributed by atoms with Crippen LogP contribution in [0.15, 0.2) is 30.9 Å². The molecule has 2 rings (SSSR count). The molecule has 1 aromatic rings. The number of hydrogen-bond acceptors (Lipinski definition) is 5. The van der Waals surface area contributed by atoms with E-state index >= 15 is 0 Å². The lowest BCUT2D eigenvalue weighted by atomic mass is 9.93. The van der Waals surface area contributed by atoms with E-state index in [1.807, 2.05) is 6.08 Å². The summed E-state index contributed by atoms with van der Waals surface area (Å²) in [4.78, 5) is 0. The zero-order valence-corrected chi connectivity index (χ0v) is 11.3. The van der Waals surface area contributed by atoms with Gasteiger partial charge >= 0.3 is 0 Å². The number of aromatic hydroxyl groups is 3. The largest absolute Gasteiger partial charge is 0.504 e. The second-order valence-electron chi connectivity index (χ2n) is 4.68. The predicted octanol–water partition coefficient (Wildman–Crippen LogP) is 2.35. The van der Waals surface area contributed by atoms with Gasteiger partial charge in [0, 0.05) is 25.5 Å². The number of fused-ring (bicyclic) bond motifs is 1. The van der Waals surface area contributed by atoms with Gasteiger partial charge in [-0.2, -0.15) is 0 Å². The van der Waals surface area contributed by atoms with Crippen molar-refractivity contribution in [2.24, 2.45) is 0 Å². The minimum absolute atomic E-state index is 0.102. The Morgan fingerprint density at radius 1 is 1.40 bits per heavy atom. The second kappa shape index (κ2) is 5.56. The highest BCUT2D eigenvalue weighted by Crippen LogP contribution is 2.44. The molecule has 20 heavy (non-hydrogen) atoms. The van der Waals surface area contributed by atoms with Gasteiger partial charge < -0.3 is 24.8 Å². The molecule has 0 radical (unpaired) electrons. The third kappa shape index (κ3) is 2.50. The maximum absolute atomic E-state index is 9.82. The first kappa shape index (κ1) is 14.4. The molecule has 1 heterocycles. The van der Waals surface area contributed by atoms with Crippen LogP contribution in [0.2, 0.25) is 0 Å². The van der Waals surface area contributed by atoms with Crippen molar-refractivity contribution in [3.8, 4) is 17.2 Å². The van der Waals surface area contributed by atoms with Crippen LogP contribution in [0.1, 0.15) is 17.5 Å². The number of rotatable bonds is 4. The van der Waals surface area contributed by atoms with Gasteiger partial charge in [0.1, 0.15) is 0 Å². The molecule has 0 spiro atoms. The molecule has 1 aromatic carbocycles. The molecule has 5 nitrogen and oxygen atoms in total. The maximum Gasteiger partial charge on any atom is 0.200 e. The topological polar surface area (TPSA) is 79.2 Å². The van der Waals surface area contributed by atoms with E-state index in [0.717, 1.165) is 0 Å². The van der Waals surface area contributed by atoms with E-state index in [1.54, 1.807) is 19.3 Å². The first-order valence-electron chi connectivity index (χ1n) is 6.25. The van der Waals surface area contributed by atoms with Gasteiger partial charge in [0.2, 0.25) is 5.75 Å². The molecule has 1 aliphatic rings. The third-order valence-electron chi connectivity index (χ3n) is 3.46. The van der Waals surface area contributed by atoms with E-state index in [4.69, 9.17) is 9.47 Å². The monoisotopic (exact) mass is 278 g/mol. The minimum Gasteiger partial charge on any atom is -0.504 e. The molecule has 3 N–H and O–H groups in total. The second-order valence-corrected chi connectivity index (χ2v) is 4.68. The van der Waals surface area contributed by atoms with Crippen molar-refractivity contribution >= 4 is 0 Å². The van der Waals surface area contributed by atoms with Gasteiger partial charge in [-0.1, -0.05) is 24.8 Å². The van der Waals surface area contributed by atoms with Crippen molar-refractivity contribution in [2.75, 3.05) is 7.11 Å². The zero-order chi connectivity index (χ0) is 14.8. The first-order chi connectivity index (χ1) is 9.53. The summed E-state index contributed by atoms with van der Waals surface area (Å²) >= 11 is 0. The molecular formula is C15H18O5. The summed E-state index contributed by atoms with van der Waals surface area (Å²) < 4.78 is 11.2. The third-order valence-corrected chi connectivity index (χ3v) is 3.46. The van der Waals surface area contributed by atoms with Crippen molar-refractivity contribution in [2.45, 2.75) is 25.2 Å². The lowest BCUT2D eigenvalue weighted by Crippen LogP contribution is -2.40. The fourth-order valence-corrected chi connectivity index (χ4v) is 2.29. The Hall–Kier alpha value is -1.98. The van der Waals surface area contributed by atoms with Crippen LogP contribution in [0, 0.1) is 0 Å². The maximum atomic E-state index is 9.82. The Labute approximate surface area is 117 Å². The van der Waals surface area contributed by atoms with Gasteiger partial charge in [0.25, 0.3) is 0 Å². The first-order valence-corrected chi connectivity index (χ1v) is 6.25. The molecule has 1 atom stereocenters. The van der Waals surface area contributed by atoms with E-state index in [0.29, 0.717) is 24.0 Å². The Balaban J connectivity index is 2.33. The SMILES string of the molecule is C=C/C=C/C[C@]1(OC)Cc2cc(O)c(O)c(O)c2CO1. The van der Waals surface area contributed by atoms with E-state index in [1.165, 1.54) is 6.07 Å². The molecule has 1 aliphatic heterocycles. The number of hydrogen-bond donors (Lipinski definition) is 3. The highest BCUT2D eigenvalue weighted by Gasteiger charge is 2.36. The number of benzene rings is 1. The molecule has 0 aliphatic carbocycles. The van der Waals surface area contributed by atoms with Crippen molar-refractivity contribution in [3.05, 3.63) is 42.0 Å². The van der Waals surface area contributed by atoms with E-state index in [9.17, 15) is 15.3 Å². The molecule has 0 unspecified atom stereocenters. The quantitative estimate of drug-likeness (QED) is 0.582. The van der Waals surface area contributed by atoms with Gasteiger partial charge in [-0.05, 0) is 11.6 Å². The summed E-state index contributed by atoms with van der Waals surface area (Å²) in [7, 11) is 1.55. The average Bonchev–Trinajstić information content (AvgIpc) is 2.45. The van der Waals surface area contributed by atoms with Crippen LogP contribution in [0.25, 0.3) is 0 Å². The fourth-order valence-electron chi connectivity index (χ4n) is 2.29. The van der Waals surface area contributed by atoms with Gasteiger partial charge in [0.15, 0.2) is 17.3 Å². The molecule has 5 heteroatoms. The molecular weight excluding hydrogens is 260 g/mol. The van der Waals surface area contributed by atoms with Gasteiger partial charge in [-0.15, -0.1) is 0 Å². The van der Waals surface area contributed by atoms with Crippen molar-refractivity contribution < 1.29 is 24.8 Å². The zero-order valence-electron chi connectivity index (χ0n) is 11.3. The molecule has 108 valence electrons. The summed E-state index contributed by atoms with van der Waals surface area (Å²) in [6.45, 7) is 3.70. The van der Waals surface area contributed by atoms with Crippen LogP contribution in [0.3, 0.4) is 0 Å². The minimum atomic E-state index is -0.845. The Bertz CT molecular complexity index is 550. The molecule has 0 saturated heterocycles. The van der Waals surface area contributed by atoms with Gasteiger partial charge in [-0.25, -0.2) is 0 Å². The fraction of sp³-hybridized carbons (Fsp3) is 0.333. The summed E-state index contributed by atoms with van der Waals surface area (Å²) in [6.07, 6.45) is 6.21. The summed E-state index contributed by atoms with van der Waals surface area (Å²) in [6, 6.07) is 1.43. The number of phenolic OH excluding ortho intramolecular Hbond substituents is 3. The summed E-state index contributed by atoms with van der Waals surface area (Å²) in [5.74, 6) is -2.06. The van der Waals surface area contributed by atoms with Crippen LogP contribution in [0.4, 0.5) is 0 Å². The van der Waals surface area contributed by atoms with Crippen molar-refractivity contribution in [1.29, 1.82) is 0 Å². The van der Waals surface area contributed by atoms with Crippen molar-refractivity contribution in [3.63, 3.8) is 0 Å². The molecule has 0 aromatic heterocycles. The number of methoxy groups -OCH3 is 1. The smallest absolute Gasteiger partial charge is 0.200 e. The Kier molecular flexibility index (Phi) is 4.01. The molecule has 0 bridgehead atoms. The van der Waals surface area contributed by atoms with E-state index < -0.39 is 11.5 Å². The van der Waals surface area contributed by atoms with E-state index in [-0.39, 0.29) is 18.1 Å². The lowest BCUT2D eigenvalue weighted by molar-refractivity contribution is -0.233. The Morgan fingerprint density at radius 2 is 2.15 bits per heavy atom. The standard InChI is InChI=1S/C15H18O5/c1-3-4-5-6-15(19-2)8-10-7-12(16)14(18)13(17)11(10)9-20-15/h3-5,7,16-18H,1,6,8-9H2,2H3/b5-4+/t15-/m1/s1. The molecule has 0 amide bonds. The van der Waals surface area contributed by atoms with Crippen LogP contribution in [-0.2, 0) is 22.5 Å². The predicted molar refractivity (Wildman–Crippen MR) is 73.6 cm³/mol. The van der Waals surface area contributed by atoms with Gasteiger partial charge in [0.05, 0.1) is 6.61 Å². The van der Waals surface area contributed by atoms with Crippen molar-refractivity contribution in [1.82, 2.24) is 0 Å². The normalized spacial score (nSPS) is 21.9. The summed E-state index contributed by atoms with van der Waals surface area (Å²) in [5.41, 5.74) is 1.17. The van der Waals surface area contributed by atoms with Crippen LogP contribution >= 0.6 is 0 Å². The number of allylic oxidation sites excluding steroid dienone is 2. The van der Waals surface area contributed by atoms with Crippen LogP contribution in [-0.4, -0.2) is 28.2 Å². The lowest BCUT2D eigenvalue weighted by Gasteiger charge is -2.36. The average molecular weight is 278 g/mol. The summed E-state index contributed by atoms with van der Waals surface area (Å²) in [5, 5.41) is 28.9. The highest BCUT2D eigenvalue weighted by atomic mass is 16.7. The molecule has 0 saturated carbocycles.